The summed E-state index contributed by atoms with van der Waals surface area (Å²) in [5, 5.41) is 26.6. The maximum absolute atomic E-state index is 11.7. The lowest BCUT2D eigenvalue weighted by Crippen LogP contribution is -2.36. The van der Waals surface area contributed by atoms with Crippen LogP contribution in [-0.4, -0.2) is 49.1 Å². The zero-order chi connectivity index (χ0) is 16.4. The molecule has 1 aromatic heterocycles. The highest BCUT2D eigenvalue weighted by atomic mass is 32.2. The summed E-state index contributed by atoms with van der Waals surface area (Å²) in [6.07, 6.45) is 2.87. The van der Waals surface area contributed by atoms with Crippen molar-refractivity contribution >= 4 is 35.1 Å². The molecule has 7 nitrogen and oxygen atoms in total. The maximum atomic E-state index is 11.7. The zero-order valence-corrected chi connectivity index (χ0v) is 14.0. The molecule has 0 spiro atoms. The smallest absolute Gasteiger partial charge is 0.333 e. The molecule has 9 heteroatoms. The minimum Gasteiger partial charge on any atom is -0.492 e. The van der Waals surface area contributed by atoms with Gasteiger partial charge in [0, 0.05) is 29.6 Å². The molecular weight excluding hydrogens is 338 g/mol. The van der Waals surface area contributed by atoms with Crippen LogP contribution in [0.1, 0.15) is 25.7 Å². The molecule has 0 radical (unpaired) electrons. The highest BCUT2D eigenvalue weighted by molar-refractivity contribution is 8.00. The van der Waals surface area contributed by atoms with Gasteiger partial charge in [-0.25, -0.2) is 4.79 Å². The van der Waals surface area contributed by atoms with Gasteiger partial charge in [-0.05, 0) is 25.1 Å². The number of thioether (sulfide) groups is 1. The second-order valence-corrected chi connectivity index (χ2v) is 7.36. The number of aromatic hydroxyl groups is 2. The topological polar surface area (TPSA) is 95.8 Å². The number of hydrogen-bond donors (Lipinski definition) is 4. The molecule has 1 aromatic rings. The molecule has 0 amide bonds. The highest BCUT2D eigenvalue weighted by Crippen LogP contribution is 2.33. The fourth-order valence-electron chi connectivity index (χ4n) is 2.90. The van der Waals surface area contributed by atoms with E-state index in [9.17, 15) is 15.0 Å². The average Bonchev–Trinajstić information content (AvgIpc) is 3.14. The van der Waals surface area contributed by atoms with Crippen LogP contribution in [-0.2, 0) is 4.79 Å². The lowest BCUT2D eigenvalue weighted by atomic mass is 10.0. The number of aromatic nitrogens is 1. The van der Waals surface area contributed by atoms with E-state index in [-0.39, 0.29) is 18.2 Å². The Balaban J connectivity index is 1.37. The van der Waals surface area contributed by atoms with E-state index in [0.29, 0.717) is 23.8 Å². The van der Waals surface area contributed by atoms with E-state index in [1.807, 2.05) is 11.8 Å². The van der Waals surface area contributed by atoms with E-state index in [0.717, 1.165) is 28.4 Å². The standard InChI is InChI=1S/C14H19N3O4S2/c18-10-5-6-11(19)17(10)21-12(20)4-2-1-3-9-13-8(7-23-9)15-14(22)16-13/h5-6,8-9,13,18-19H,1-4,7H2,(H2,15,16,22)/t8-,9-,13-/m0/s1. The van der Waals surface area contributed by atoms with Gasteiger partial charge in [0.15, 0.2) is 5.11 Å². The Hall–Kier alpha value is -1.61. The van der Waals surface area contributed by atoms with Crippen molar-refractivity contribution in [2.24, 2.45) is 0 Å². The fourth-order valence-corrected chi connectivity index (χ4v) is 4.73. The first-order valence-electron chi connectivity index (χ1n) is 7.54. The van der Waals surface area contributed by atoms with Crippen LogP contribution in [0, 0.1) is 0 Å². The molecule has 2 aliphatic rings. The molecule has 0 saturated carbocycles. The van der Waals surface area contributed by atoms with E-state index < -0.39 is 5.97 Å². The molecule has 2 aliphatic heterocycles. The Kier molecular flexibility index (Phi) is 4.86. The van der Waals surface area contributed by atoms with Gasteiger partial charge < -0.3 is 25.7 Å². The first-order valence-corrected chi connectivity index (χ1v) is 9.00. The number of unbranched alkanes of at least 4 members (excludes halogenated alkanes) is 1. The van der Waals surface area contributed by atoms with Crippen LogP contribution >= 0.6 is 24.0 Å². The second kappa shape index (κ2) is 6.88. The van der Waals surface area contributed by atoms with Gasteiger partial charge in [-0.1, -0.05) is 6.42 Å². The third-order valence-corrected chi connectivity index (χ3v) is 5.79. The summed E-state index contributed by atoms with van der Waals surface area (Å²) >= 11 is 7.07. The third-order valence-electron chi connectivity index (χ3n) is 4.05. The van der Waals surface area contributed by atoms with Gasteiger partial charge >= 0.3 is 5.97 Å². The van der Waals surface area contributed by atoms with Crippen molar-refractivity contribution < 1.29 is 19.8 Å². The molecule has 23 heavy (non-hydrogen) atoms. The normalized spacial score (nSPS) is 25.7. The van der Waals surface area contributed by atoms with Crippen LogP contribution in [0.3, 0.4) is 0 Å². The molecule has 3 heterocycles. The van der Waals surface area contributed by atoms with E-state index in [4.69, 9.17) is 17.1 Å². The minimum absolute atomic E-state index is 0.243. The predicted octanol–water partition coefficient (Wildman–Crippen LogP) is 0.745. The zero-order valence-electron chi connectivity index (χ0n) is 12.4. The SMILES string of the molecule is O=C(CCCC[C@@H]1SC[C@@H]2NC(=S)N[C@@H]21)On1c(O)ccc1O. The van der Waals surface area contributed by atoms with Gasteiger partial charge in [0.1, 0.15) is 0 Å². The van der Waals surface area contributed by atoms with E-state index in [2.05, 4.69) is 10.6 Å². The summed E-state index contributed by atoms with van der Waals surface area (Å²) in [5.41, 5.74) is 0. The van der Waals surface area contributed by atoms with Gasteiger partial charge in [0.2, 0.25) is 11.8 Å². The number of nitrogens with zero attached hydrogens (tertiary/aromatic N) is 1. The fraction of sp³-hybridized carbons (Fsp3) is 0.571. The first kappa shape index (κ1) is 16.3. The summed E-state index contributed by atoms with van der Waals surface area (Å²) in [5.74, 6) is -0.0397. The third kappa shape index (κ3) is 3.66. The molecule has 0 bridgehead atoms. The van der Waals surface area contributed by atoms with Crippen LogP contribution in [0.25, 0.3) is 0 Å². The van der Waals surface area contributed by atoms with Crippen LogP contribution in [0.15, 0.2) is 12.1 Å². The maximum Gasteiger partial charge on any atom is 0.333 e. The Morgan fingerprint density at radius 1 is 1.35 bits per heavy atom. The van der Waals surface area contributed by atoms with Crippen LogP contribution < -0.4 is 15.5 Å². The molecule has 2 saturated heterocycles. The lowest BCUT2D eigenvalue weighted by molar-refractivity contribution is -0.145. The van der Waals surface area contributed by atoms with Crippen molar-refractivity contribution in [3.05, 3.63) is 12.1 Å². The van der Waals surface area contributed by atoms with Gasteiger partial charge in [-0.2, -0.15) is 11.8 Å². The molecule has 0 aliphatic carbocycles. The van der Waals surface area contributed by atoms with Crippen LogP contribution in [0.4, 0.5) is 0 Å². The van der Waals surface area contributed by atoms with Gasteiger partial charge in [-0.3, -0.25) is 0 Å². The molecule has 0 aromatic carbocycles. The Morgan fingerprint density at radius 2 is 2.09 bits per heavy atom. The van der Waals surface area contributed by atoms with Crippen LogP contribution in [0.5, 0.6) is 11.8 Å². The van der Waals surface area contributed by atoms with E-state index in [1.54, 1.807) is 0 Å². The molecule has 0 unspecified atom stereocenters. The van der Waals surface area contributed by atoms with Gasteiger partial charge in [0.25, 0.3) is 0 Å². The number of hydrogen-bond acceptors (Lipinski definition) is 6. The Morgan fingerprint density at radius 3 is 2.83 bits per heavy atom. The predicted molar refractivity (Wildman–Crippen MR) is 90.5 cm³/mol. The summed E-state index contributed by atoms with van der Waals surface area (Å²) in [6.45, 7) is 0. The first-order chi connectivity index (χ1) is 11.0. The lowest BCUT2D eigenvalue weighted by Gasteiger charge is -2.16. The molecule has 3 rings (SSSR count). The summed E-state index contributed by atoms with van der Waals surface area (Å²) in [7, 11) is 0. The molecule has 126 valence electrons. The molecule has 4 N–H and O–H groups in total. The highest BCUT2D eigenvalue weighted by Gasteiger charge is 2.41. The van der Waals surface area contributed by atoms with Crippen molar-refractivity contribution in [1.82, 2.24) is 15.4 Å². The Bertz CT molecular complexity index is 587. The van der Waals surface area contributed by atoms with Crippen molar-refractivity contribution in [1.29, 1.82) is 0 Å². The largest absolute Gasteiger partial charge is 0.492 e. The van der Waals surface area contributed by atoms with Crippen molar-refractivity contribution in [3.63, 3.8) is 0 Å². The quantitative estimate of drug-likeness (QED) is 0.438. The van der Waals surface area contributed by atoms with Gasteiger partial charge in [0.05, 0.1) is 12.1 Å². The van der Waals surface area contributed by atoms with Gasteiger partial charge in [-0.15, -0.1) is 4.73 Å². The number of rotatable bonds is 6. The second-order valence-electron chi connectivity index (χ2n) is 5.68. The number of carbonyl (C=O) groups is 1. The number of nitrogens with one attached hydrogen (secondary N) is 2. The van der Waals surface area contributed by atoms with Crippen LogP contribution in [0.2, 0.25) is 0 Å². The van der Waals surface area contributed by atoms with E-state index >= 15 is 0 Å². The van der Waals surface area contributed by atoms with Crippen molar-refractivity contribution in [2.45, 2.75) is 43.0 Å². The average molecular weight is 357 g/mol. The van der Waals surface area contributed by atoms with Crippen molar-refractivity contribution in [2.75, 3.05) is 5.75 Å². The number of thiocarbonyl (C=S) groups is 1. The summed E-state index contributed by atoms with van der Waals surface area (Å²) in [6, 6.07) is 3.31. The summed E-state index contributed by atoms with van der Waals surface area (Å²) < 4.78 is 0.717. The molecule has 2 fully saturated rings. The molecule has 3 atom stereocenters. The minimum atomic E-state index is -0.481. The number of carbonyl (C=O) groups excluding carboxylic acids is 1. The van der Waals surface area contributed by atoms with E-state index in [1.165, 1.54) is 12.1 Å². The Labute approximate surface area is 143 Å². The summed E-state index contributed by atoms with van der Waals surface area (Å²) in [4.78, 5) is 16.6. The monoisotopic (exact) mass is 357 g/mol. The van der Waals surface area contributed by atoms with Crippen molar-refractivity contribution in [3.8, 4) is 11.8 Å². The number of fused-ring (bicyclic) bond motifs is 1. The molecular formula is C14H19N3O4S2.